The van der Waals surface area contributed by atoms with E-state index in [0.29, 0.717) is 17.9 Å². The molecule has 0 N–H and O–H groups in total. The number of hydrogen-bond acceptors (Lipinski definition) is 2. The third kappa shape index (κ3) is 5.74. The molecular formula is C23H30O2. The molecule has 0 unspecified atom stereocenters. The van der Waals surface area contributed by atoms with E-state index in [0.717, 1.165) is 18.3 Å². The Morgan fingerprint density at radius 1 is 1.00 bits per heavy atom. The Morgan fingerprint density at radius 3 is 2.44 bits per heavy atom. The number of hydrogen-bond donors (Lipinski definition) is 0. The highest BCUT2D eigenvalue weighted by molar-refractivity contribution is 5.79. The van der Waals surface area contributed by atoms with Gasteiger partial charge in [0.2, 0.25) is 0 Å². The second-order valence-electron chi connectivity index (χ2n) is 7.34. The molecule has 0 fully saturated rings. The van der Waals surface area contributed by atoms with E-state index < -0.39 is 0 Å². The van der Waals surface area contributed by atoms with Crippen LogP contribution in [0.15, 0.2) is 48.5 Å². The molecule has 0 bridgehead atoms. The minimum Gasteiger partial charge on any atom is -0.488 e. The molecule has 2 nitrogen and oxygen atoms in total. The lowest BCUT2D eigenvalue weighted by molar-refractivity contribution is 0.111. The van der Waals surface area contributed by atoms with Crippen LogP contribution in [-0.4, -0.2) is 6.29 Å². The maximum Gasteiger partial charge on any atom is 0.153 e. The van der Waals surface area contributed by atoms with Gasteiger partial charge >= 0.3 is 0 Å². The summed E-state index contributed by atoms with van der Waals surface area (Å²) in [5.41, 5.74) is 3.03. The predicted octanol–water partition coefficient (Wildman–Crippen LogP) is 6.33. The van der Waals surface area contributed by atoms with Crippen molar-refractivity contribution in [2.75, 3.05) is 0 Å². The molecule has 0 heterocycles. The first-order chi connectivity index (χ1) is 12.1. The van der Waals surface area contributed by atoms with Crippen LogP contribution >= 0.6 is 0 Å². The zero-order valence-corrected chi connectivity index (χ0v) is 15.8. The SMILES string of the molecule is CCCCCCC(C)(C)c1ccc(C=O)c(OCc2ccccc2)c1. The van der Waals surface area contributed by atoms with Crippen molar-refractivity contribution in [3.63, 3.8) is 0 Å². The third-order valence-corrected chi connectivity index (χ3v) is 4.81. The zero-order chi connectivity index (χ0) is 18.1. The van der Waals surface area contributed by atoms with Crippen LogP contribution in [0.25, 0.3) is 0 Å². The van der Waals surface area contributed by atoms with Crippen molar-refractivity contribution in [3.05, 3.63) is 65.2 Å². The first-order valence-corrected chi connectivity index (χ1v) is 9.33. The monoisotopic (exact) mass is 338 g/mol. The van der Waals surface area contributed by atoms with E-state index in [1.54, 1.807) is 0 Å². The van der Waals surface area contributed by atoms with Crippen LogP contribution in [0.5, 0.6) is 5.75 Å². The van der Waals surface area contributed by atoms with E-state index in [4.69, 9.17) is 4.74 Å². The van der Waals surface area contributed by atoms with Crippen molar-refractivity contribution >= 4 is 6.29 Å². The Kier molecular flexibility index (Phi) is 7.24. The fraction of sp³-hybridized carbons (Fsp3) is 0.435. The molecule has 0 aliphatic carbocycles. The molecule has 0 spiro atoms. The molecule has 0 saturated heterocycles. The van der Waals surface area contributed by atoms with Crippen molar-refractivity contribution in [1.29, 1.82) is 0 Å². The van der Waals surface area contributed by atoms with Crippen LogP contribution in [0, 0.1) is 0 Å². The van der Waals surface area contributed by atoms with Crippen LogP contribution in [0.3, 0.4) is 0 Å². The number of ether oxygens (including phenoxy) is 1. The average molecular weight is 338 g/mol. The van der Waals surface area contributed by atoms with E-state index >= 15 is 0 Å². The van der Waals surface area contributed by atoms with Gasteiger partial charge in [0.05, 0.1) is 5.56 Å². The van der Waals surface area contributed by atoms with Gasteiger partial charge in [0.25, 0.3) is 0 Å². The number of unbranched alkanes of at least 4 members (excludes halogenated alkanes) is 3. The van der Waals surface area contributed by atoms with Crippen molar-refractivity contribution in [3.8, 4) is 5.75 Å². The van der Waals surface area contributed by atoms with E-state index in [9.17, 15) is 4.79 Å². The summed E-state index contributed by atoms with van der Waals surface area (Å²) < 4.78 is 5.96. The van der Waals surface area contributed by atoms with Gasteiger partial charge in [-0.2, -0.15) is 0 Å². The first-order valence-electron chi connectivity index (χ1n) is 9.33. The maximum atomic E-state index is 11.4. The van der Waals surface area contributed by atoms with Crippen molar-refractivity contribution in [2.45, 2.75) is 64.9 Å². The molecule has 0 radical (unpaired) electrons. The summed E-state index contributed by atoms with van der Waals surface area (Å²) >= 11 is 0. The Hall–Kier alpha value is -2.09. The lowest BCUT2D eigenvalue weighted by atomic mass is 9.79. The lowest BCUT2D eigenvalue weighted by Crippen LogP contribution is -2.17. The molecule has 0 saturated carbocycles. The van der Waals surface area contributed by atoms with E-state index in [1.807, 2.05) is 42.5 Å². The van der Waals surface area contributed by atoms with Gasteiger partial charge in [0.15, 0.2) is 6.29 Å². The van der Waals surface area contributed by atoms with Gasteiger partial charge in [-0.05, 0) is 35.1 Å². The van der Waals surface area contributed by atoms with Crippen LogP contribution in [-0.2, 0) is 12.0 Å². The third-order valence-electron chi connectivity index (χ3n) is 4.81. The molecule has 0 aliphatic rings. The van der Waals surface area contributed by atoms with Crippen molar-refractivity contribution in [2.24, 2.45) is 0 Å². The van der Waals surface area contributed by atoms with Gasteiger partial charge in [0, 0.05) is 0 Å². The summed E-state index contributed by atoms with van der Waals surface area (Å²) in [5, 5.41) is 0. The molecule has 2 aromatic carbocycles. The summed E-state index contributed by atoms with van der Waals surface area (Å²) in [5.74, 6) is 0.679. The Balaban J connectivity index is 2.10. The minimum atomic E-state index is 0.0833. The standard InChI is InChI=1S/C23H30O2/c1-4-5-6-10-15-23(2,3)21-14-13-20(17-24)22(16-21)25-18-19-11-8-7-9-12-19/h7-9,11-14,16-17H,4-6,10,15,18H2,1-3H3. The van der Waals surface area contributed by atoms with Crippen LogP contribution in [0.4, 0.5) is 0 Å². The van der Waals surface area contributed by atoms with E-state index in [1.165, 1.54) is 31.2 Å². The second kappa shape index (κ2) is 9.41. The number of carbonyl (C=O) groups excluding carboxylic acids is 1. The van der Waals surface area contributed by atoms with Gasteiger partial charge in [-0.1, -0.05) is 82.9 Å². The average Bonchev–Trinajstić information content (AvgIpc) is 2.64. The highest BCUT2D eigenvalue weighted by Gasteiger charge is 2.21. The molecular weight excluding hydrogens is 308 g/mol. The second-order valence-corrected chi connectivity index (χ2v) is 7.34. The highest BCUT2D eigenvalue weighted by atomic mass is 16.5. The summed E-state index contributed by atoms with van der Waals surface area (Å²) in [6.07, 6.45) is 7.08. The molecule has 0 aromatic heterocycles. The predicted molar refractivity (Wildman–Crippen MR) is 104 cm³/mol. The Morgan fingerprint density at radius 2 is 1.76 bits per heavy atom. The van der Waals surface area contributed by atoms with E-state index in [-0.39, 0.29) is 5.41 Å². The molecule has 2 heteroatoms. The Bertz CT molecular complexity index is 659. The summed E-state index contributed by atoms with van der Waals surface area (Å²) in [7, 11) is 0. The highest BCUT2D eigenvalue weighted by Crippen LogP contribution is 2.33. The topological polar surface area (TPSA) is 26.3 Å². The van der Waals surface area contributed by atoms with Crippen molar-refractivity contribution in [1.82, 2.24) is 0 Å². The van der Waals surface area contributed by atoms with Gasteiger partial charge in [-0.25, -0.2) is 0 Å². The minimum absolute atomic E-state index is 0.0833. The summed E-state index contributed by atoms with van der Waals surface area (Å²) in [6, 6.07) is 16.0. The largest absolute Gasteiger partial charge is 0.488 e. The molecule has 0 amide bonds. The fourth-order valence-electron chi connectivity index (χ4n) is 3.05. The molecule has 0 atom stereocenters. The van der Waals surface area contributed by atoms with Gasteiger partial charge in [0.1, 0.15) is 12.4 Å². The van der Waals surface area contributed by atoms with Crippen LogP contribution < -0.4 is 4.74 Å². The normalized spacial score (nSPS) is 11.3. The molecule has 2 aromatic rings. The smallest absolute Gasteiger partial charge is 0.153 e. The number of carbonyl (C=O) groups is 1. The van der Waals surface area contributed by atoms with Crippen molar-refractivity contribution < 1.29 is 9.53 Å². The van der Waals surface area contributed by atoms with Gasteiger partial charge in [-0.3, -0.25) is 4.79 Å². The molecule has 2 rings (SSSR count). The fourth-order valence-corrected chi connectivity index (χ4v) is 3.05. The number of aldehydes is 1. The van der Waals surface area contributed by atoms with Gasteiger partial charge < -0.3 is 4.74 Å². The van der Waals surface area contributed by atoms with Crippen LogP contribution in [0.1, 0.15) is 74.4 Å². The quantitative estimate of drug-likeness (QED) is 0.374. The van der Waals surface area contributed by atoms with E-state index in [2.05, 4.69) is 26.8 Å². The Labute approximate surface area is 152 Å². The number of benzene rings is 2. The lowest BCUT2D eigenvalue weighted by Gasteiger charge is -2.26. The molecule has 25 heavy (non-hydrogen) atoms. The molecule has 0 aliphatic heterocycles. The molecule has 134 valence electrons. The maximum absolute atomic E-state index is 11.4. The van der Waals surface area contributed by atoms with Crippen LogP contribution in [0.2, 0.25) is 0 Å². The first kappa shape index (κ1) is 19.2. The number of rotatable bonds is 10. The summed E-state index contributed by atoms with van der Waals surface area (Å²) in [4.78, 5) is 11.4. The summed E-state index contributed by atoms with van der Waals surface area (Å²) in [6.45, 7) is 7.26. The van der Waals surface area contributed by atoms with Gasteiger partial charge in [-0.15, -0.1) is 0 Å². The zero-order valence-electron chi connectivity index (χ0n) is 15.8.